The van der Waals surface area contributed by atoms with Crippen molar-refractivity contribution >= 4 is 20.0 Å². The molecule has 0 aliphatic carbocycles. The monoisotopic (exact) mass is 542 g/mol. The highest BCUT2D eigenvalue weighted by molar-refractivity contribution is 8.13. The van der Waals surface area contributed by atoms with Crippen LogP contribution in [0.3, 0.4) is 0 Å². The lowest BCUT2D eigenvalue weighted by atomic mass is 10.1. The molecular weight excluding hydrogens is 510 g/mol. The van der Waals surface area contributed by atoms with Gasteiger partial charge >= 0.3 is 11.0 Å². The van der Waals surface area contributed by atoms with Crippen LogP contribution in [0.2, 0.25) is 0 Å². The van der Waals surface area contributed by atoms with E-state index in [1.54, 1.807) is 0 Å². The first kappa shape index (κ1) is 32.6. The maximum Gasteiger partial charge on any atom is 0.480 e. The molecule has 34 heavy (non-hydrogen) atoms. The minimum absolute atomic E-state index is 0.778. The molecule has 0 aliphatic heterocycles. The predicted octanol–water partition coefficient (Wildman–Crippen LogP) is 6.26. The van der Waals surface area contributed by atoms with Crippen LogP contribution in [0, 0.1) is 6.92 Å². The Bertz CT molecular complexity index is 876. The molecule has 0 aliphatic rings. The number of hydrogen-bond donors (Lipinski definition) is 0. The number of alkyl halides is 6. The van der Waals surface area contributed by atoms with Gasteiger partial charge in [0.1, 0.15) is 6.54 Å². The molecule has 0 N–H and O–H groups in total. The standard InChI is InChI=1S/C18H32N.C2F6NO4S2/c1-3-4-5-6-7-8-9-10-11-12-15-19-16-13-14-18(2)17-19;3-1(4,5)14(10,11)9-15(12,13)2(6,7)8/h13-14,16-17H,3-12,15H2,1-2H3;/q+1;-1. The molecule has 0 bridgehead atoms. The van der Waals surface area contributed by atoms with Crippen molar-refractivity contribution in [3.8, 4) is 0 Å². The van der Waals surface area contributed by atoms with Gasteiger partial charge in [-0.2, -0.15) is 26.3 Å². The van der Waals surface area contributed by atoms with Crippen LogP contribution in [0.5, 0.6) is 0 Å². The number of pyridine rings is 1. The maximum atomic E-state index is 11.4. The van der Waals surface area contributed by atoms with E-state index in [0.29, 0.717) is 0 Å². The highest BCUT2D eigenvalue weighted by Crippen LogP contribution is 2.36. The lowest BCUT2D eigenvalue weighted by molar-refractivity contribution is -0.697. The van der Waals surface area contributed by atoms with Crippen LogP contribution in [-0.4, -0.2) is 27.9 Å². The second-order valence-electron chi connectivity index (χ2n) is 7.72. The van der Waals surface area contributed by atoms with Crippen LogP contribution >= 0.6 is 0 Å². The Morgan fingerprint density at radius 1 is 0.765 bits per heavy atom. The summed E-state index contributed by atoms with van der Waals surface area (Å²) in [6, 6.07) is 4.31. The van der Waals surface area contributed by atoms with Gasteiger partial charge in [0.25, 0.3) is 0 Å². The summed E-state index contributed by atoms with van der Waals surface area (Å²) in [5.74, 6) is 0. The van der Waals surface area contributed by atoms with Crippen molar-refractivity contribution in [1.29, 1.82) is 0 Å². The van der Waals surface area contributed by atoms with E-state index >= 15 is 0 Å². The molecule has 0 atom stereocenters. The predicted molar refractivity (Wildman–Crippen MR) is 117 cm³/mol. The number of hydrogen-bond acceptors (Lipinski definition) is 4. The molecule has 1 aromatic rings. The van der Waals surface area contributed by atoms with Crippen molar-refractivity contribution in [2.24, 2.45) is 0 Å². The Morgan fingerprint density at radius 2 is 1.18 bits per heavy atom. The van der Waals surface area contributed by atoms with Gasteiger partial charge in [-0.1, -0.05) is 58.3 Å². The Balaban J connectivity index is 0.000000661. The molecule has 1 aromatic heterocycles. The fourth-order valence-corrected chi connectivity index (χ4v) is 4.50. The van der Waals surface area contributed by atoms with Crippen molar-refractivity contribution in [2.75, 3.05) is 0 Å². The summed E-state index contributed by atoms with van der Waals surface area (Å²) < 4.78 is 112. The Kier molecular flexibility index (Phi) is 14.3. The third-order valence-corrected chi connectivity index (χ3v) is 7.30. The van der Waals surface area contributed by atoms with Gasteiger partial charge in [0.2, 0.25) is 0 Å². The van der Waals surface area contributed by atoms with E-state index < -0.39 is 31.1 Å². The molecular formula is C20H32F6N2O4S2. The summed E-state index contributed by atoms with van der Waals surface area (Å²) in [5, 5.41) is 0. The number of aromatic nitrogens is 1. The molecule has 1 rings (SSSR count). The molecule has 0 fully saturated rings. The largest absolute Gasteiger partial charge is 0.480 e. The summed E-state index contributed by atoms with van der Waals surface area (Å²) in [4.78, 5) is 0. The van der Waals surface area contributed by atoms with Gasteiger partial charge in [-0.15, -0.1) is 0 Å². The number of rotatable bonds is 13. The van der Waals surface area contributed by atoms with Gasteiger partial charge in [0.15, 0.2) is 32.4 Å². The third kappa shape index (κ3) is 13.5. The van der Waals surface area contributed by atoms with Gasteiger partial charge in [0, 0.05) is 18.1 Å². The van der Waals surface area contributed by atoms with E-state index in [0.717, 1.165) is 4.13 Å². The molecule has 0 aromatic carbocycles. The molecule has 14 heteroatoms. The minimum atomic E-state index is -6.72. The van der Waals surface area contributed by atoms with Crippen LogP contribution in [0.15, 0.2) is 24.5 Å². The Morgan fingerprint density at radius 3 is 1.56 bits per heavy atom. The van der Waals surface area contributed by atoms with Gasteiger partial charge in [0.05, 0.1) is 0 Å². The number of nitrogens with zero attached hydrogens (tertiary/aromatic N) is 2. The number of aryl methyl sites for hydroxylation is 2. The minimum Gasteiger partial charge on any atom is -0.421 e. The maximum absolute atomic E-state index is 11.4. The van der Waals surface area contributed by atoms with Crippen LogP contribution in [0.25, 0.3) is 4.13 Å². The molecule has 1 heterocycles. The van der Waals surface area contributed by atoms with E-state index in [4.69, 9.17) is 0 Å². The van der Waals surface area contributed by atoms with Crippen molar-refractivity contribution in [2.45, 2.75) is 95.6 Å². The zero-order valence-corrected chi connectivity index (χ0v) is 20.8. The smallest absolute Gasteiger partial charge is 0.421 e. The highest BCUT2D eigenvalue weighted by Gasteiger charge is 2.46. The fraction of sp³-hybridized carbons (Fsp3) is 0.750. The van der Waals surface area contributed by atoms with E-state index in [2.05, 4.69) is 42.9 Å². The first-order valence-corrected chi connectivity index (χ1v) is 13.7. The Hall–Kier alpha value is -1.41. The van der Waals surface area contributed by atoms with Crippen molar-refractivity contribution in [1.82, 2.24) is 0 Å². The molecule has 0 amide bonds. The zero-order valence-electron chi connectivity index (χ0n) is 19.2. The number of unbranched alkanes of at least 4 members (excludes halogenated alkanes) is 9. The molecule has 0 unspecified atom stereocenters. The van der Waals surface area contributed by atoms with Crippen molar-refractivity contribution in [3.05, 3.63) is 34.2 Å². The molecule has 0 radical (unpaired) electrons. The molecule has 6 nitrogen and oxygen atoms in total. The highest BCUT2D eigenvalue weighted by atomic mass is 32.3. The Labute approximate surface area is 197 Å². The van der Waals surface area contributed by atoms with Crippen molar-refractivity contribution < 1.29 is 47.7 Å². The van der Waals surface area contributed by atoms with Gasteiger partial charge in [-0.05, 0) is 19.4 Å². The zero-order chi connectivity index (χ0) is 26.5. The first-order chi connectivity index (χ1) is 15.5. The third-order valence-electron chi connectivity index (χ3n) is 4.56. The van der Waals surface area contributed by atoms with Crippen LogP contribution in [-0.2, 0) is 26.6 Å². The van der Waals surface area contributed by atoms with Crippen LogP contribution < -0.4 is 4.57 Å². The first-order valence-electron chi connectivity index (χ1n) is 10.9. The average Bonchev–Trinajstić information content (AvgIpc) is 2.67. The van der Waals surface area contributed by atoms with Crippen molar-refractivity contribution in [3.63, 3.8) is 0 Å². The van der Waals surface area contributed by atoms with Gasteiger partial charge in [-0.3, -0.25) is 0 Å². The molecule has 0 saturated heterocycles. The summed E-state index contributed by atoms with van der Waals surface area (Å²) in [6.07, 6.45) is 18.6. The van der Waals surface area contributed by atoms with Gasteiger partial charge < -0.3 is 4.13 Å². The fourth-order valence-electron chi connectivity index (χ4n) is 2.79. The average molecular weight is 543 g/mol. The topological polar surface area (TPSA) is 86.3 Å². The molecule has 0 spiro atoms. The number of halogens is 6. The van der Waals surface area contributed by atoms with Crippen LogP contribution in [0.4, 0.5) is 26.3 Å². The van der Waals surface area contributed by atoms with Crippen LogP contribution in [0.1, 0.15) is 76.7 Å². The normalized spacial score (nSPS) is 12.8. The summed E-state index contributed by atoms with van der Waals surface area (Å²) in [5.41, 5.74) is -11.1. The summed E-state index contributed by atoms with van der Waals surface area (Å²) >= 11 is 0. The van der Waals surface area contributed by atoms with E-state index in [1.807, 2.05) is 0 Å². The second-order valence-corrected chi connectivity index (χ2v) is 11.1. The molecule has 0 saturated carbocycles. The summed E-state index contributed by atoms with van der Waals surface area (Å²) in [7, 11) is -13.4. The molecule has 200 valence electrons. The van der Waals surface area contributed by atoms with E-state index in [-0.39, 0.29) is 0 Å². The van der Waals surface area contributed by atoms with E-state index in [1.165, 1.54) is 76.3 Å². The van der Waals surface area contributed by atoms with E-state index in [9.17, 15) is 43.2 Å². The summed E-state index contributed by atoms with van der Waals surface area (Å²) in [6.45, 7) is 5.62. The quantitative estimate of drug-likeness (QED) is 0.167. The van der Waals surface area contributed by atoms with Gasteiger partial charge in [-0.25, -0.2) is 21.4 Å². The lowest BCUT2D eigenvalue weighted by Gasteiger charge is -2.22. The number of sulfonamides is 2. The second kappa shape index (κ2) is 14.9. The lowest BCUT2D eigenvalue weighted by Crippen LogP contribution is -2.32. The SMILES string of the molecule is CCCCCCCCCCCC[n+]1cccc(C)c1.O=S(=O)([N-]S(=O)(=O)C(F)(F)F)C(F)(F)F.